The molecule has 2 saturated heterocycles. The summed E-state index contributed by atoms with van der Waals surface area (Å²) in [7, 11) is 0. The maximum absolute atomic E-state index is 12.2. The van der Waals surface area contributed by atoms with Gasteiger partial charge in [0.1, 0.15) is 11.9 Å². The van der Waals surface area contributed by atoms with Crippen molar-refractivity contribution < 1.29 is 4.79 Å². The number of aromatic nitrogens is 1. The summed E-state index contributed by atoms with van der Waals surface area (Å²) in [5.74, 6) is 1.76. The molecule has 146 valence electrons. The van der Waals surface area contributed by atoms with Gasteiger partial charge in [0, 0.05) is 38.3 Å². The summed E-state index contributed by atoms with van der Waals surface area (Å²) < 4.78 is 0. The number of anilines is 1. The van der Waals surface area contributed by atoms with Crippen molar-refractivity contribution in [1.82, 2.24) is 15.2 Å². The molecule has 0 aliphatic carbocycles. The minimum Gasteiger partial charge on any atom is -0.357 e. The Bertz CT molecular complexity index is 646. The second kappa shape index (κ2) is 9.70. The third-order valence-electron chi connectivity index (χ3n) is 6.04. The quantitative estimate of drug-likeness (QED) is 0.800. The minimum atomic E-state index is 0.203. The third-order valence-corrected chi connectivity index (χ3v) is 6.04. The summed E-state index contributed by atoms with van der Waals surface area (Å²) in [5.41, 5.74) is 0.597. The first-order valence-electron chi connectivity index (χ1n) is 10.3. The lowest BCUT2D eigenvalue weighted by molar-refractivity contribution is -0.121. The molecule has 0 unspecified atom stereocenters. The number of likely N-dealkylation sites (tertiary alicyclic amines) is 1. The molecular weight excluding hydrogens is 338 g/mol. The number of piperidine rings is 1. The number of rotatable bonds is 7. The topological polar surface area (TPSA) is 72.3 Å². The van der Waals surface area contributed by atoms with Crippen molar-refractivity contribution in [2.45, 2.75) is 51.5 Å². The van der Waals surface area contributed by atoms with Crippen molar-refractivity contribution in [2.24, 2.45) is 5.92 Å². The summed E-state index contributed by atoms with van der Waals surface area (Å²) in [4.78, 5) is 21.3. The van der Waals surface area contributed by atoms with Crippen LogP contribution in [-0.2, 0) is 4.79 Å². The lowest BCUT2D eigenvalue weighted by atomic mass is 9.92. The number of hydrogen-bond donors (Lipinski definition) is 1. The van der Waals surface area contributed by atoms with Gasteiger partial charge in [0.05, 0.1) is 5.56 Å². The minimum absolute atomic E-state index is 0.203. The van der Waals surface area contributed by atoms with Crippen LogP contribution in [0.3, 0.4) is 0 Å². The summed E-state index contributed by atoms with van der Waals surface area (Å²) >= 11 is 0. The van der Waals surface area contributed by atoms with E-state index in [9.17, 15) is 4.79 Å². The zero-order valence-corrected chi connectivity index (χ0v) is 16.4. The number of amides is 1. The Labute approximate surface area is 162 Å². The molecule has 1 atom stereocenters. The van der Waals surface area contributed by atoms with Crippen LogP contribution in [0.2, 0.25) is 0 Å². The van der Waals surface area contributed by atoms with Gasteiger partial charge >= 0.3 is 0 Å². The average Bonchev–Trinajstić information content (AvgIpc) is 3.19. The molecule has 2 aliphatic rings. The van der Waals surface area contributed by atoms with Crippen molar-refractivity contribution in [3.05, 3.63) is 23.9 Å². The van der Waals surface area contributed by atoms with Gasteiger partial charge in [-0.05, 0) is 63.2 Å². The van der Waals surface area contributed by atoms with Crippen LogP contribution in [0.15, 0.2) is 18.3 Å². The molecule has 1 aromatic rings. The van der Waals surface area contributed by atoms with Crippen molar-refractivity contribution in [2.75, 3.05) is 37.6 Å². The predicted octanol–water partition coefficient (Wildman–Crippen LogP) is 2.55. The van der Waals surface area contributed by atoms with E-state index in [4.69, 9.17) is 5.26 Å². The highest BCUT2D eigenvalue weighted by Crippen LogP contribution is 2.25. The molecule has 2 fully saturated rings. The van der Waals surface area contributed by atoms with E-state index in [1.165, 1.54) is 19.4 Å². The molecule has 6 heteroatoms. The summed E-state index contributed by atoms with van der Waals surface area (Å²) in [6.45, 7) is 7.18. The van der Waals surface area contributed by atoms with Gasteiger partial charge in [0.25, 0.3) is 0 Å². The number of nitrogens with zero attached hydrogens (tertiary/aromatic N) is 4. The fourth-order valence-corrected chi connectivity index (χ4v) is 4.29. The molecule has 1 amide bonds. The molecule has 0 radical (unpaired) electrons. The highest BCUT2D eigenvalue weighted by Gasteiger charge is 2.24. The van der Waals surface area contributed by atoms with Gasteiger partial charge in [0.15, 0.2) is 0 Å². The van der Waals surface area contributed by atoms with Crippen LogP contribution >= 0.6 is 0 Å². The Kier molecular flexibility index (Phi) is 7.05. The number of nitriles is 1. The third kappa shape index (κ3) is 5.43. The fourth-order valence-electron chi connectivity index (χ4n) is 4.29. The molecular formula is C21H31N5O. The first kappa shape index (κ1) is 19.6. The van der Waals surface area contributed by atoms with E-state index in [0.29, 0.717) is 23.9 Å². The zero-order valence-electron chi connectivity index (χ0n) is 16.4. The van der Waals surface area contributed by atoms with Crippen LogP contribution in [0.1, 0.15) is 51.0 Å². The number of hydrogen-bond acceptors (Lipinski definition) is 5. The highest BCUT2D eigenvalue weighted by molar-refractivity contribution is 5.75. The van der Waals surface area contributed by atoms with Crippen molar-refractivity contribution in [3.8, 4) is 6.07 Å². The van der Waals surface area contributed by atoms with Gasteiger partial charge in [0.2, 0.25) is 5.91 Å². The second-order valence-corrected chi connectivity index (χ2v) is 7.71. The number of pyridine rings is 1. The number of carbonyl (C=O) groups is 1. The van der Waals surface area contributed by atoms with Crippen LogP contribution in [0, 0.1) is 17.2 Å². The zero-order chi connectivity index (χ0) is 19.1. The number of likely N-dealkylation sites (N-methyl/N-ethyl adjacent to an activating group) is 1. The van der Waals surface area contributed by atoms with Gasteiger partial charge in [-0.25, -0.2) is 4.98 Å². The van der Waals surface area contributed by atoms with Gasteiger partial charge in [-0.15, -0.1) is 0 Å². The monoisotopic (exact) mass is 369 g/mol. The van der Waals surface area contributed by atoms with Crippen molar-refractivity contribution in [3.63, 3.8) is 0 Å². The molecule has 0 saturated carbocycles. The Balaban J connectivity index is 1.34. The van der Waals surface area contributed by atoms with Crippen molar-refractivity contribution >= 4 is 11.7 Å². The number of nitrogens with one attached hydrogen (secondary N) is 1. The van der Waals surface area contributed by atoms with Gasteiger partial charge in [-0.1, -0.05) is 6.92 Å². The van der Waals surface area contributed by atoms with E-state index < -0.39 is 0 Å². The van der Waals surface area contributed by atoms with Gasteiger partial charge in [-0.3, -0.25) is 9.69 Å². The van der Waals surface area contributed by atoms with Gasteiger partial charge < -0.3 is 10.2 Å². The van der Waals surface area contributed by atoms with Crippen molar-refractivity contribution in [1.29, 1.82) is 5.26 Å². The Morgan fingerprint density at radius 1 is 1.30 bits per heavy atom. The molecule has 1 aromatic heterocycles. The molecule has 27 heavy (non-hydrogen) atoms. The lowest BCUT2D eigenvalue weighted by Gasteiger charge is -2.32. The number of carbonyl (C=O) groups excluding carboxylic acids is 1. The van der Waals surface area contributed by atoms with E-state index in [0.717, 1.165) is 51.3 Å². The fraction of sp³-hybridized carbons (Fsp3) is 0.667. The molecule has 0 spiro atoms. The van der Waals surface area contributed by atoms with Crippen LogP contribution < -0.4 is 10.2 Å². The van der Waals surface area contributed by atoms with E-state index in [2.05, 4.69) is 33.1 Å². The first-order chi connectivity index (χ1) is 13.2. The first-order valence-corrected chi connectivity index (χ1v) is 10.3. The maximum atomic E-state index is 12.2. The van der Waals surface area contributed by atoms with Crippen LogP contribution in [-0.4, -0.2) is 54.6 Å². The van der Waals surface area contributed by atoms with E-state index in [1.54, 1.807) is 6.20 Å². The SMILES string of the molecule is CCN1CCC[C@@H]1CNC(=O)CCC1CCN(c2ccc(C#N)cn2)CC1. The molecule has 3 heterocycles. The summed E-state index contributed by atoms with van der Waals surface area (Å²) in [5, 5.41) is 12.0. The van der Waals surface area contributed by atoms with E-state index in [-0.39, 0.29) is 5.91 Å². The molecule has 1 N–H and O–H groups in total. The van der Waals surface area contributed by atoms with Gasteiger partial charge in [-0.2, -0.15) is 5.26 Å². The Morgan fingerprint density at radius 3 is 2.78 bits per heavy atom. The maximum Gasteiger partial charge on any atom is 0.220 e. The van der Waals surface area contributed by atoms with Crippen LogP contribution in [0.4, 0.5) is 5.82 Å². The normalized spacial score (nSPS) is 21.2. The average molecular weight is 370 g/mol. The molecule has 3 rings (SSSR count). The van der Waals surface area contributed by atoms with Crippen LogP contribution in [0.5, 0.6) is 0 Å². The van der Waals surface area contributed by atoms with E-state index >= 15 is 0 Å². The molecule has 2 aliphatic heterocycles. The second-order valence-electron chi connectivity index (χ2n) is 7.71. The molecule has 0 bridgehead atoms. The summed E-state index contributed by atoms with van der Waals surface area (Å²) in [6, 6.07) is 6.38. The van der Waals surface area contributed by atoms with E-state index in [1.807, 2.05) is 12.1 Å². The smallest absolute Gasteiger partial charge is 0.220 e. The Hall–Kier alpha value is -2.13. The largest absolute Gasteiger partial charge is 0.357 e. The standard InChI is InChI=1S/C21H31N5O/c1-2-25-11-3-4-19(25)16-24-21(27)8-6-17-9-12-26(13-10-17)20-7-5-18(14-22)15-23-20/h5,7,15,17,19H,2-4,6,8-13,16H2,1H3,(H,24,27)/t19-/m1/s1. The molecule has 0 aromatic carbocycles. The van der Waals surface area contributed by atoms with Crippen LogP contribution in [0.25, 0.3) is 0 Å². The summed E-state index contributed by atoms with van der Waals surface area (Å²) in [6.07, 6.45) is 7.90. The highest BCUT2D eigenvalue weighted by atomic mass is 16.1. The lowest BCUT2D eigenvalue weighted by Crippen LogP contribution is -2.40. The molecule has 6 nitrogen and oxygen atoms in total. The Morgan fingerprint density at radius 2 is 2.11 bits per heavy atom. The predicted molar refractivity (Wildman–Crippen MR) is 106 cm³/mol.